The molecule has 0 N–H and O–H groups in total. The zero-order valence-corrected chi connectivity index (χ0v) is 11.1. The van der Waals surface area contributed by atoms with Crippen LogP contribution in [0.3, 0.4) is 0 Å². The minimum Gasteiger partial charge on any atom is -0.280 e. The lowest BCUT2D eigenvalue weighted by Crippen LogP contribution is -2.04. The fourth-order valence-electron chi connectivity index (χ4n) is 2.42. The highest BCUT2D eigenvalue weighted by Gasteiger charge is 2.12. The van der Waals surface area contributed by atoms with Gasteiger partial charge in [0.1, 0.15) is 0 Å². The smallest absolute Gasteiger partial charge is 0.228 e. The molecule has 0 saturated carbocycles. The summed E-state index contributed by atoms with van der Waals surface area (Å²) >= 11 is 1.69. The van der Waals surface area contributed by atoms with Gasteiger partial charge in [-0.05, 0) is 24.5 Å². The van der Waals surface area contributed by atoms with Crippen molar-refractivity contribution in [2.45, 2.75) is 11.8 Å². The van der Waals surface area contributed by atoms with E-state index in [9.17, 15) is 4.79 Å². The van der Waals surface area contributed by atoms with E-state index in [0.717, 1.165) is 21.8 Å². The molecular weight excluding hydrogens is 242 g/mol. The van der Waals surface area contributed by atoms with Crippen molar-refractivity contribution in [2.24, 2.45) is 0 Å². The van der Waals surface area contributed by atoms with Gasteiger partial charge in [0.25, 0.3) is 0 Å². The number of fused-ring (bicyclic) bond motifs is 3. The average Bonchev–Trinajstić information content (AvgIpc) is 2.72. The first-order valence-corrected chi connectivity index (χ1v) is 7.03. The van der Waals surface area contributed by atoms with Crippen molar-refractivity contribution in [3.63, 3.8) is 0 Å². The quantitative estimate of drug-likeness (QED) is 0.609. The maximum Gasteiger partial charge on any atom is 0.228 e. The van der Waals surface area contributed by atoms with E-state index in [1.807, 2.05) is 24.5 Å². The molecule has 0 bridgehead atoms. The Labute approximate surface area is 110 Å². The van der Waals surface area contributed by atoms with E-state index in [1.54, 1.807) is 23.3 Å². The van der Waals surface area contributed by atoms with Crippen molar-refractivity contribution < 1.29 is 4.79 Å². The van der Waals surface area contributed by atoms with Gasteiger partial charge in [-0.1, -0.05) is 24.3 Å². The van der Waals surface area contributed by atoms with Gasteiger partial charge in [-0.25, -0.2) is 0 Å². The Morgan fingerprint density at radius 2 is 1.78 bits per heavy atom. The minimum atomic E-state index is 0.0550. The topological polar surface area (TPSA) is 22.0 Å². The van der Waals surface area contributed by atoms with Crippen LogP contribution in [0, 0.1) is 0 Å². The van der Waals surface area contributed by atoms with Crippen molar-refractivity contribution in [3.05, 3.63) is 42.5 Å². The van der Waals surface area contributed by atoms with Crippen LogP contribution in [0.1, 0.15) is 11.7 Å². The van der Waals surface area contributed by atoms with Gasteiger partial charge < -0.3 is 0 Å². The van der Waals surface area contributed by atoms with Crippen molar-refractivity contribution in [2.75, 3.05) is 6.26 Å². The van der Waals surface area contributed by atoms with Crippen molar-refractivity contribution >= 4 is 39.5 Å². The lowest BCUT2D eigenvalue weighted by Gasteiger charge is -2.02. The van der Waals surface area contributed by atoms with Crippen molar-refractivity contribution in [1.82, 2.24) is 4.57 Å². The van der Waals surface area contributed by atoms with Crippen molar-refractivity contribution in [3.8, 4) is 0 Å². The number of nitrogens with zero attached hydrogens (tertiary/aromatic N) is 1. The van der Waals surface area contributed by atoms with E-state index in [0.29, 0.717) is 0 Å². The molecule has 0 spiro atoms. The van der Waals surface area contributed by atoms with E-state index >= 15 is 0 Å². The van der Waals surface area contributed by atoms with Crippen LogP contribution in [-0.2, 0) is 0 Å². The molecular formula is C15H13NOS. The van der Waals surface area contributed by atoms with E-state index in [2.05, 4.69) is 24.3 Å². The average molecular weight is 255 g/mol. The fourth-order valence-corrected chi connectivity index (χ4v) is 2.85. The van der Waals surface area contributed by atoms with Crippen LogP contribution in [0.5, 0.6) is 0 Å². The molecule has 0 saturated heterocycles. The summed E-state index contributed by atoms with van der Waals surface area (Å²) in [7, 11) is 0. The Hall–Kier alpha value is -1.74. The summed E-state index contributed by atoms with van der Waals surface area (Å²) < 4.78 is 1.80. The molecule has 3 rings (SSSR count). The van der Waals surface area contributed by atoms with Crippen LogP contribution < -0.4 is 0 Å². The van der Waals surface area contributed by atoms with Crippen LogP contribution in [0.15, 0.2) is 47.4 Å². The molecule has 0 unspecified atom stereocenters. The molecule has 0 fully saturated rings. The standard InChI is InChI=1S/C15H13NOS/c1-10(17)16-14-6-4-3-5-12(14)13-8-7-11(18-2)9-15(13)16/h3-9H,1-2H3. The second-order valence-electron chi connectivity index (χ2n) is 4.25. The summed E-state index contributed by atoms with van der Waals surface area (Å²) in [5.74, 6) is 0.0550. The summed E-state index contributed by atoms with van der Waals surface area (Å²) in [6, 6.07) is 14.3. The van der Waals surface area contributed by atoms with Gasteiger partial charge >= 0.3 is 0 Å². The van der Waals surface area contributed by atoms with Crippen LogP contribution in [-0.4, -0.2) is 16.7 Å². The number of carbonyl (C=O) groups is 1. The minimum absolute atomic E-state index is 0.0550. The first kappa shape index (κ1) is 11.4. The maximum atomic E-state index is 11.9. The number of carbonyl (C=O) groups excluding carboxylic acids is 1. The van der Waals surface area contributed by atoms with Gasteiger partial charge in [0.15, 0.2) is 0 Å². The van der Waals surface area contributed by atoms with Gasteiger partial charge in [0.05, 0.1) is 11.0 Å². The predicted molar refractivity (Wildman–Crippen MR) is 77.5 cm³/mol. The molecule has 0 aliphatic heterocycles. The number of hydrogen-bond acceptors (Lipinski definition) is 2. The third-order valence-electron chi connectivity index (χ3n) is 3.20. The highest BCUT2D eigenvalue weighted by molar-refractivity contribution is 7.98. The van der Waals surface area contributed by atoms with Crippen LogP contribution in [0.25, 0.3) is 21.8 Å². The first-order valence-electron chi connectivity index (χ1n) is 5.80. The Morgan fingerprint density at radius 3 is 2.50 bits per heavy atom. The second-order valence-corrected chi connectivity index (χ2v) is 5.13. The molecule has 2 aromatic carbocycles. The molecule has 0 aliphatic carbocycles. The van der Waals surface area contributed by atoms with Crippen molar-refractivity contribution in [1.29, 1.82) is 0 Å². The molecule has 3 aromatic rings. The van der Waals surface area contributed by atoms with E-state index in [-0.39, 0.29) is 5.91 Å². The van der Waals surface area contributed by atoms with Gasteiger partial charge in [0.2, 0.25) is 5.91 Å². The summed E-state index contributed by atoms with van der Waals surface area (Å²) in [6.07, 6.45) is 2.04. The molecule has 0 amide bonds. The summed E-state index contributed by atoms with van der Waals surface area (Å²) in [5, 5.41) is 2.27. The van der Waals surface area contributed by atoms with Gasteiger partial charge in [0, 0.05) is 22.6 Å². The molecule has 1 heterocycles. The van der Waals surface area contributed by atoms with Gasteiger partial charge in [-0.2, -0.15) is 0 Å². The third kappa shape index (κ3) is 1.55. The Balaban J connectivity index is 2.54. The molecule has 2 nitrogen and oxygen atoms in total. The lowest BCUT2D eigenvalue weighted by molar-refractivity contribution is 0.0946. The van der Waals surface area contributed by atoms with Crippen LogP contribution in [0.4, 0.5) is 0 Å². The van der Waals surface area contributed by atoms with Gasteiger partial charge in [-0.15, -0.1) is 11.8 Å². The zero-order chi connectivity index (χ0) is 12.7. The molecule has 1 aromatic heterocycles. The third-order valence-corrected chi connectivity index (χ3v) is 3.92. The largest absolute Gasteiger partial charge is 0.280 e. The highest BCUT2D eigenvalue weighted by Crippen LogP contribution is 2.31. The lowest BCUT2D eigenvalue weighted by atomic mass is 10.2. The van der Waals surface area contributed by atoms with E-state index in [1.165, 1.54) is 4.90 Å². The molecule has 0 aliphatic rings. The predicted octanol–water partition coefficient (Wildman–Crippen LogP) is 4.18. The fraction of sp³-hybridized carbons (Fsp3) is 0.133. The number of thioether (sulfide) groups is 1. The van der Waals surface area contributed by atoms with Crippen LogP contribution in [0.2, 0.25) is 0 Å². The number of aromatic nitrogens is 1. The second kappa shape index (κ2) is 4.18. The normalized spacial score (nSPS) is 11.2. The number of benzene rings is 2. The maximum absolute atomic E-state index is 11.9. The SMILES string of the molecule is CSc1ccc2c3ccccc3n(C(C)=O)c2c1. The summed E-state index contributed by atoms with van der Waals surface area (Å²) in [5.41, 5.74) is 1.98. The molecule has 3 heteroatoms. The van der Waals surface area contributed by atoms with E-state index in [4.69, 9.17) is 0 Å². The first-order chi connectivity index (χ1) is 8.72. The summed E-state index contributed by atoms with van der Waals surface area (Å²) in [4.78, 5) is 13.1. The Morgan fingerprint density at radius 1 is 1.06 bits per heavy atom. The highest BCUT2D eigenvalue weighted by atomic mass is 32.2. The number of rotatable bonds is 1. The Bertz CT molecular complexity index is 758. The molecule has 0 radical (unpaired) electrons. The Kier molecular flexibility index (Phi) is 2.63. The summed E-state index contributed by atoms with van der Waals surface area (Å²) in [6.45, 7) is 1.61. The number of para-hydroxylation sites is 1. The zero-order valence-electron chi connectivity index (χ0n) is 10.3. The number of hydrogen-bond donors (Lipinski definition) is 0. The molecule has 18 heavy (non-hydrogen) atoms. The van der Waals surface area contributed by atoms with Crippen LogP contribution >= 0.6 is 11.8 Å². The monoisotopic (exact) mass is 255 g/mol. The molecule has 90 valence electrons. The van der Waals surface area contributed by atoms with Gasteiger partial charge in [-0.3, -0.25) is 9.36 Å². The molecule has 0 atom stereocenters. The van der Waals surface area contributed by atoms with E-state index < -0.39 is 0 Å².